The normalized spacial score (nSPS) is 16.1. The Morgan fingerprint density at radius 3 is 2.54 bits per heavy atom. The standard InChI is InChI=1S/C20H23NO5/c1-23-18-10-4-5-11-19(18)26-14-20(22)21-16-8-2-3-9-17(16)25-13-15-7-6-12-24-15/h2-5,8-11,15H,6-7,12-14H2,1H3,(H,21,22). The quantitative estimate of drug-likeness (QED) is 0.785. The van der Waals surface area contributed by atoms with Crippen molar-refractivity contribution in [2.24, 2.45) is 0 Å². The molecule has 26 heavy (non-hydrogen) atoms. The van der Waals surface area contributed by atoms with Crippen molar-refractivity contribution in [1.82, 2.24) is 0 Å². The van der Waals surface area contributed by atoms with Crippen molar-refractivity contribution >= 4 is 11.6 Å². The van der Waals surface area contributed by atoms with E-state index < -0.39 is 0 Å². The highest BCUT2D eigenvalue weighted by atomic mass is 16.5. The Balaban J connectivity index is 1.55. The van der Waals surface area contributed by atoms with E-state index in [9.17, 15) is 4.79 Å². The van der Waals surface area contributed by atoms with Crippen LogP contribution >= 0.6 is 0 Å². The van der Waals surface area contributed by atoms with Gasteiger partial charge in [-0.2, -0.15) is 0 Å². The molecule has 3 rings (SSSR count). The Bertz CT molecular complexity index is 728. The highest BCUT2D eigenvalue weighted by Crippen LogP contribution is 2.27. The van der Waals surface area contributed by atoms with E-state index in [2.05, 4.69) is 5.32 Å². The molecule has 1 atom stereocenters. The summed E-state index contributed by atoms with van der Waals surface area (Å²) in [5, 5.41) is 2.82. The summed E-state index contributed by atoms with van der Waals surface area (Å²) in [6, 6.07) is 14.5. The van der Waals surface area contributed by atoms with E-state index in [1.165, 1.54) is 0 Å². The fourth-order valence-corrected chi connectivity index (χ4v) is 2.72. The molecule has 0 aromatic heterocycles. The maximum absolute atomic E-state index is 12.2. The number of amides is 1. The molecule has 1 heterocycles. The third kappa shape index (κ3) is 4.89. The van der Waals surface area contributed by atoms with Crippen LogP contribution in [0.1, 0.15) is 12.8 Å². The van der Waals surface area contributed by atoms with Gasteiger partial charge >= 0.3 is 0 Å². The van der Waals surface area contributed by atoms with E-state index in [0.29, 0.717) is 29.5 Å². The molecule has 1 unspecified atom stereocenters. The van der Waals surface area contributed by atoms with Gasteiger partial charge in [0.25, 0.3) is 5.91 Å². The zero-order chi connectivity index (χ0) is 18.2. The first-order valence-corrected chi connectivity index (χ1v) is 8.65. The summed E-state index contributed by atoms with van der Waals surface area (Å²) >= 11 is 0. The number of anilines is 1. The molecule has 6 nitrogen and oxygen atoms in total. The lowest BCUT2D eigenvalue weighted by atomic mass is 10.2. The highest BCUT2D eigenvalue weighted by Gasteiger charge is 2.17. The van der Waals surface area contributed by atoms with Crippen LogP contribution in [0, 0.1) is 0 Å². The second-order valence-corrected chi connectivity index (χ2v) is 5.93. The lowest BCUT2D eigenvalue weighted by Gasteiger charge is -2.15. The third-order valence-corrected chi connectivity index (χ3v) is 4.04. The maximum atomic E-state index is 12.2. The van der Waals surface area contributed by atoms with Crippen LogP contribution < -0.4 is 19.5 Å². The number of ether oxygens (including phenoxy) is 4. The minimum atomic E-state index is -0.274. The van der Waals surface area contributed by atoms with E-state index >= 15 is 0 Å². The van der Waals surface area contributed by atoms with Crippen LogP contribution in [0.15, 0.2) is 48.5 Å². The van der Waals surface area contributed by atoms with Crippen LogP contribution in [-0.2, 0) is 9.53 Å². The van der Waals surface area contributed by atoms with Crippen molar-refractivity contribution in [2.45, 2.75) is 18.9 Å². The molecule has 2 aromatic carbocycles. The molecule has 0 bridgehead atoms. The average molecular weight is 357 g/mol. The summed E-state index contributed by atoms with van der Waals surface area (Å²) in [5.74, 6) is 1.45. The summed E-state index contributed by atoms with van der Waals surface area (Å²) in [6.07, 6.45) is 2.18. The molecule has 0 spiro atoms. The van der Waals surface area contributed by atoms with Crippen LogP contribution in [-0.4, -0.2) is 38.9 Å². The Morgan fingerprint density at radius 1 is 1.08 bits per heavy atom. The highest BCUT2D eigenvalue weighted by molar-refractivity contribution is 5.93. The zero-order valence-electron chi connectivity index (χ0n) is 14.8. The molecule has 0 radical (unpaired) electrons. The van der Waals surface area contributed by atoms with Crippen LogP contribution in [0.25, 0.3) is 0 Å². The molecule has 6 heteroatoms. The largest absolute Gasteiger partial charge is 0.493 e. The predicted octanol–water partition coefficient (Wildman–Crippen LogP) is 3.27. The van der Waals surface area contributed by atoms with Gasteiger partial charge in [0.2, 0.25) is 0 Å². The molecule has 1 aliphatic rings. The maximum Gasteiger partial charge on any atom is 0.262 e. The van der Waals surface area contributed by atoms with Crippen molar-refractivity contribution in [1.29, 1.82) is 0 Å². The summed E-state index contributed by atoms with van der Waals surface area (Å²) < 4.78 is 22.1. The molecule has 0 saturated carbocycles. The van der Waals surface area contributed by atoms with E-state index in [1.54, 1.807) is 25.3 Å². The third-order valence-electron chi connectivity index (χ3n) is 4.04. The van der Waals surface area contributed by atoms with Crippen molar-refractivity contribution in [2.75, 3.05) is 32.2 Å². The Kier molecular flexibility index (Phi) is 6.33. The number of carbonyl (C=O) groups is 1. The van der Waals surface area contributed by atoms with Gasteiger partial charge in [-0.15, -0.1) is 0 Å². The zero-order valence-corrected chi connectivity index (χ0v) is 14.8. The predicted molar refractivity (Wildman–Crippen MR) is 98.0 cm³/mol. The number of benzene rings is 2. The monoisotopic (exact) mass is 357 g/mol. The van der Waals surface area contributed by atoms with Gasteiger partial charge in [-0.1, -0.05) is 24.3 Å². The lowest BCUT2D eigenvalue weighted by molar-refractivity contribution is -0.118. The van der Waals surface area contributed by atoms with Gasteiger partial charge in [0.1, 0.15) is 12.4 Å². The van der Waals surface area contributed by atoms with Gasteiger partial charge in [0.15, 0.2) is 18.1 Å². The molecule has 138 valence electrons. The van der Waals surface area contributed by atoms with Gasteiger partial charge in [0.05, 0.1) is 18.9 Å². The first-order valence-electron chi connectivity index (χ1n) is 8.65. The molecule has 1 fully saturated rings. The number of rotatable bonds is 8. The number of hydrogen-bond acceptors (Lipinski definition) is 5. The Labute approximate surface area is 153 Å². The van der Waals surface area contributed by atoms with Crippen molar-refractivity contribution < 1.29 is 23.7 Å². The van der Waals surface area contributed by atoms with Crippen molar-refractivity contribution in [3.63, 3.8) is 0 Å². The van der Waals surface area contributed by atoms with Crippen LogP contribution in [0.2, 0.25) is 0 Å². The minimum Gasteiger partial charge on any atom is -0.493 e. The number of para-hydroxylation sites is 4. The van der Waals surface area contributed by atoms with Crippen LogP contribution in [0.3, 0.4) is 0 Å². The van der Waals surface area contributed by atoms with E-state index in [-0.39, 0.29) is 18.6 Å². The van der Waals surface area contributed by atoms with E-state index in [1.807, 2.05) is 30.3 Å². The topological polar surface area (TPSA) is 66.0 Å². The Morgan fingerprint density at radius 2 is 1.81 bits per heavy atom. The molecule has 1 amide bonds. The molecule has 1 N–H and O–H groups in total. The molecular formula is C20H23NO5. The summed E-state index contributed by atoms with van der Waals surface area (Å²) in [5.41, 5.74) is 0.610. The van der Waals surface area contributed by atoms with Gasteiger partial charge < -0.3 is 24.3 Å². The molecule has 2 aromatic rings. The molecular weight excluding hydrogens is 334 g/mol. The second-order valence-electron chi connectivity index (χ2n) is 5.93. The van der Waals surface area contributed by atoms with Gasteiger partial charge in [-0.25, -0.2) is 0 Å². The molecule has 1 saturated heterocycles. The minimum absolute atomic E-state index is 0.118. The smallest absolute Gasteiger partial charge is 0.262 e. The fraction of sp³-hybridized carbons (Fsp3) is 0.350. The summed E-state index contributed by atoms with van der Waals surface area (Å²) in [4.78, 5) is 12.2. The fourth-order valence-electron chi connectivity index (χ4n) is 2.72. The number of hydrogen-bond donors (Lipinski definition) is 1. The summed E-state index contributed by atoms with van der Waals surface area (Å²) in [7, 11) is 1.56. The first-order chi connectivity index (χ1) is 12.8. The number of methoxy groups -OCH3 is 1. The van der Waals surface area contributed by atoms with E-state index in [0.717, 1.165) is 19.4 Å². The van der Waals surface area contributed by atoms with Gasteiger partial charge in [-0.05, 0) is 37.1 Å². The lowest BCUT2D eigenvalue weighted by Crippen LogP contribution is -2.21. The van der Waals surface area contributed by atoms with Crippen molar-refractivity contribution in [3.8, 4) is 17.2 Å². The molecule has 1 aliphatic heterocycles. The van der Waals surface area contributed by atoms with Crippen LogP contribution in [0.4, 0.5) is 5.69 Å². The average Bonchev–Trinajstić information content (AvgIpc) is 3.19. The second kappa shape index (κ2) is 9.10. The van der Waals surface area contributed by atoms with Crippen molar-refractivity contribution in [3.05, 3.63) is 48.5 Å². The van der Waals surface area contributed by atoms with Gasteiger partial charge in [0, 0.05) is 6.61 Å². The first kappa shape index (κ1) is 18.1. The van der Waals surface area contributed by atoms with E-state index in [4.69, 9.17) is 18.9 Å². The van der Waals surface area contributed by atoms with Crippen LogP contribution in [0.5, 0.6) is 17.2 Å². The van der Waals surface area contributed by atoms with Gasteiger partial charge in [-0.3, -0.25) is 4.79 Å². The SMILES string of the molecule is COc1ccccc1OCC(=O)Nc1ccccc1OCC1CCCO1. The number of carbonyl (C=O) groups excluding carboxylic acids is 1. The number of nitrogens with one attached hydrogen (secondary N) is 1. The summed E-state index contributed by atoms with van der Waals surface area (Å²) in [6.45, 7) is 1.14. The Hall–Kier alpha value is -2.73. The molecule has 0 aliphatic carbocycles.